The van der Waals surface area contributed by atoms with Gasteiger partial charge >= 0.3 is 0 Å². The van der Waals surface area contributed by atoms with Crippen molar-refractivity contribution in [3.8, 4) is 0 Å². The first kappa shape index (κ1) is 12.3. The quantitative estimate of drug-likeness (QED) is 0.762. The molecule has 0 aromatic carbocycles. The fourth-order valence-electron chi connectivity index (χ4n) is 1.66. The van der Waals surface area contributed by atoms with Crippen LogP contribution in [0.4, 0.5) is 0 Å². The Kier molecular flexibility index (Phi) is 4.30. The van der Waals surface area contributed by atoms with Gasteiger partial charge < -0.3 is 15.0 Å². The van der Waals surface area contributed by atoms with Crippen LogP contribution in [0.3, 0.4) is 0 Å². The van der Waals surface area contributed by atoms with Crippen LogP contribution in [0.1, 0.15) is 17.5 Å². The van der Waals surface area contributed by atoms with Gasteiger partial charge in [0.25, 0.3) is 0 Å². The summed E-state index contributed by atoms with van der Waals surface area (Å²) in [6, 6.07) is 1.95. The number of aryl methyl sites for hydroxylation is 1. The number of nitrogens with zero attached hydrogens (tertiary/aromatic N) is 2. The largest absolute Gasteiger partial charge is 0.387 e. The fourth-order valence-corrected chi connectivity index (χ4v) is 2.37. The molecule has 2 aromatic rings. The van der Waals surface area contributed by atoms with E-state index in [1.165, 1.54) is 0 Å². The van der Waals surface area contributed by atoms with E-state index in [1.54, 1.807) is 17.5 Å². The monoisotopic (exact) mass is 251 g/mol. The predicted octanol–water partition coefficient (Wildman–Crippen LogP) is 1.35. The number of aliphatic hydroxyl groups is 1. The molecular weight excluding hydrogens is 234 g/mol. The molecule has 17 heavy (non-hydrogen) atoms. The number of aromatic nitrogens is 2. The third-order valence-corrected chi connectivity index (χ3v) is 3.41. The molecule has 1 unspecified atom stereocenters. The van der Waals surface area contributed by atoms with E-state index in [1.807, 2.05) is 34.6 Å². The van der Waals surface area contributed by atoms with E-state index in [0.29, 0.717) is 6.54 Å². The molecule has 0 aliphatic heterocycles. The van der Waals surface area contributed by atoms with Crippen molar-refractivity contribution in [3.63, 3.8) is 0 Å². The summed E-state index contributed by atoms with van der Waals surface area (Å²) in [6.07, 6.45) is 4.20. The predicted molar refractivity (Wildman–Crippen MR) is 69.1 cm³/mol. The minimum Gasteiger partial charge on any atom is -0.387 e. The third-order valence-electron chi connectivity index (χ3n) is 2.71. The zero-order valence-corrected chi connectivity index (χ0v) is 10.7. The van der Waals surface area contributed by atoms with Crippen molar-refractivity contribution in [2.75, 3.05) is 13.1 Å². The number of aliphatic hydroxyl groups excluding tert-OH is 1. The molecule has 92 valence electrons. The van der Waals surface area contributed by atoms with Gasteiger partial charge in [0.05, 0.1) is 6.10 Å². The number of imidazole rings is 1. The van der Waals surface area contributed by atoms with Crippen LogP contribution < -0.4 is 5.32 Å². The van der Waals surface area contributed by atoms with Gasteiger partial charge in [-0.1, -0.05) is 0 Å². The summed E-state index contributed by atoms with van der Waals surface area (Å²) in [5.41, 5.74) is 0.986. The highest BCUT2D eigenvalue weighted by Gasteiger charge is 2.07. The van der Waals surface area contributed by atoms with Gasteiger partial charge in [-0.25, -0.2) is 4.98 Å². The molecule has 0 spiro atoms. The summed E-state index contributed by atoms with van der Waals surface area (Å²) in [7, 11) is 1.99. The van der Waals surface area contributed by atoms with Gasteiger partial charge in [0, 0.05) is 39.0 Å². The number of hydrogen-bond donors (Lipinski definition) is 2. The third kappa shape index (κ3) is 3.39. The molecule has 2 heterocycles. The van der Waals surface area contributed by atoms with Gasteiger partial charge in [-0.05, 0) is 22.4 Å². The Balaban J connectivity index is 1.68. The van der Waals surface area contributed by atoms with Gasteiger partial charge in [-0.15, -0.1) is 0 Å². The van der Waals surface area contributed by atoms with Crippen molar-refractivity contribution in [3.05, 3.63) is 40.6 Å². The van der Waals surface area contributed by atoms with E-state index in [0.717, 1.165) is 24.4 Å². The average molecular weight is 251 g/mol. The molecule has 2 N–H and O–H groups in total. The first-order valence-electron chi connectivity index (χ1n) is 5.64. The highest BCUT2D eigenvalue weighted by atomic mass is 32.1. The van der Waals surface area contributed by atoms with Crippen LogP contribution in [0.25, 0.3) is 0 Å². The van der Waals surface area contributed by atoms with Gasteiger partial charge in [0.1, 0.15) is 5.82 Å². The Hall–Kier alpha value is -1.17. The zero-order chi connectivity index (χ0) is 12.1. The Morgan fingerprint density at radius 2 is 2.47 bits per heavy atom. The second-order valence-electron chi connectivity index (χ2n) is 3.98. The minimum atomic E-state index is -0.414. The fraction of sp³-hybridized carbons (Fsp3) is 0.417. The van der Waals surface area contributed by atoms with Crippen LogP contribution in [-0.2, 0) is 13.5 Å². The summed E-state index contributed by atoms with van der Waals surface area (Å²) in [6.45, 7) is 1.41. The van der Waals surface area contributed by atoms with Crippen molar-refractivity contribution in [1.29, 1.82) is 0 Å². The first-order chi connectivity index (χ1) is 8.27. The first-order valence-corrected chi connectivity index (χ1v) is 6.58. The van der Waals surface area contributed by atoms with Gasteiger partial charge in [-0.2, -0.15) is 11.3 Å². The molecule has 0 saturated heterocycles. The molecule has 5 heteroatoms. The number of hydrogen-bond acceptors (Lipinski definition) is 4. The maximum Gasteiger partial charge on any atom is 0.109 e. The second kappa shape index (κ2) is 5.95. The molecule has 0 saturated carbocycles. The van der Waals surface area contributed by atoms with Gasteiger partial charge in [0.2, 0.25) is 0 Å². The van der Waals surface area contributed by atoms with Crippen molar-refractivity contribution in [2.24, 2.45) is 7.05 Å². The Labute approximate surface area is 105 Å². The van der Waals surface area contributed by atoms with Crippen LogP contribution >= 0.6 is 11.3 Å². The Bertz CT molecular complexity index is 438. The van der Waals surface area contributed by atoms with Gasteiger partial charge in [0.15, 0.2) is 0 Å². The van der Waals surface area contributed by atoms with Crippen LogP contribution in [0.15, 0.2) is 29.2 Å². The lowest BCUT2D eigenvalue weighted by Gasteiger charge is -2.10. The van der Waals surface area contributed by atoms with Crippen LogP contribution in [0.2, 0.25) is 0 Å². The molecule has 1 atom stereocenters. The lowest BCUT2D eigenvalue weighted by Crippen LogP contribution is -2.24. The molecule has 2 rings (SSSR count). The normalized spacial score (nSPS) is 12.8. The summed E-state index contributed by atoms with van der Waals surface area (Å²) in [4.78, 5) is 4.24. The Morgan fingerprint density at radius 1 is 1.59 bits per heavy atom. The standard InChI is InChI=1S/C12H17N3OS/c1-15-6-5-14-12(15)2-4-13-8-11(16)10-3-7-17-9-10/h3,5-7,9,11,13,16H,2,4,8H2,1H3. The maximum absolute atomic E-state index is 9.84. The van der Waals surface area contributed by atoms with Crippen LogP contribution in [-0.4, -0.2) is 27.7 Å². The molecule has 2 aromatic heterocycles. The van der Waals surface area contributed by atoms with E-state index in [2.05, 4.69) is 10.3 Å². The molecule has 0 aliphatic carbocycles. The molecule has 4 nitrogen and oxygen atoms in total. The highest BCUT2D eigenvalue weighted by molar-refractivity contribution is 7.07. The molecule has 0 bridgehead atoms. The zero-order valence-electron chi connectivity index (χ0n) is 9.84. The minimum absolute atomic E-state index is 0.414. The second-order valence-corrected chi connectivity index (χ2v) is 4.76. The van der Waals surface area contributed by atoms with E-state index in [-0.39, 0.29) is 0 Å². The highest BCUT2D eigenvalue weighted by Crippen LogP contribution is 2.14. The van der Waals surface area contributed by atoms with Crippen LogP contribution in [0.5, 0.6) is 0 Å². The van der Waals surface area contributed by atoms with E-state index in [4.69, 9.17) is 0 Å². The van der Waals surface area contributed by atoms with Crippen molar-refractivity contribution < 1.29 is 5.11 Å². The lowest BCUT2D eigenvalue weighted by molar-refractivity contribution is 0.175. The maximum atomic E-state index is 9.84. The summed E-state index contributed by atoms with van der Waals surface area (Å²) in [5, 5.41) is 17.0. The molecular formula is C12H17N3OS. The average Bonchev–Trinajstić information content (AvgIpc) is 2.96. The SMILES string of the molecule is Cn1ccnc1CCNCC(O)c1ccsc1. The van der Waals surface area contributed by atoms with Crippen LogP contribution in [0, 0.1) is 0 Å². The summed E-state index contributed by atoms with van der Waals surface area (Å²) < 4.78 is 2.01. The molecule has 0 aliphatic rings. The topological polar surface area (TPSA) is 50.1 Å². The molecule has 0 fully saturated rings. The molecule has 0 radical (unpaired) electrons. The van der Waals surface area contributed by atoms with Gasteiger partial charge in [-0.3, -0.25) is 0 Å². The molecule has 0 amide bonds. The smallest absolute Gasteiger partial charge is 0.109 e. The van der Waals surface area contributed by atoms with Crippen molar-refractivity contribution in [2.45, 2.75) is 12.5 Å². The lowest BCUT2D eigenvalue weighted by atomic mass is 10.2. The Morgan fingerprint density at radius 3 is 3.12 bits per heavy atom. The number of rotatable bonds is 6. The van der Waals surface area contributed by atoms with E-state index in [9.17, 15) is 5.11 Å². The number of nitrogens with one attached hydrogen (secondary N) is 1. The number of thiophene rings is 1. The van der Waals surface area contributed by atoms with E-state index >= 15 is 0 Å². The summed E-state index contributed by atoms with van der Waals surface area (Å²) >= 11 is 1.61. The van der Waals surface area contributed by atoms with Crippen molar-refractivity contribution in [1.82, 2.24) is 14.9 Å². The van der Waals surface area contributed by atoms with E-state index < -0.39 is 6.10 Å². The summed E-state index contributed by atoms with van der Waals surface area (Å²) in [5.74, 6) is 1.06. The van der Waals surface area contributed by atoms with Crippen molar-refractivity contribution >= 4 is 11.3 Å².